The Balaban J connectivity index is 1.45. The van der Waals surface area contributed by atoms with E-state index >= 15 is 0 Å². The van der Waals surface area contributed by atoms with E-state index in [0.717, 1.165) is 11.1 Å². The van der Waals surface area contributed by atoms with Gasteiger partial charge in [0.25, 0.3) is 0 Å². The van der Waals surface area contributed by atoms with Gasteiger partial charge in [0, 0.05) is 5.92 Å². The zero-order chi connectivity index (χ0) is 18.4. The molecule has 3 aromatic carbocycles. The lowest BCUT2D eigenvalue weighted by Gasteiger charge is -2.14. The first-order chi connectivity index (χ1) is 13.2. The fraction of sp³-hybridized carbons (Fsp3) is 0.0952. The van der Waals surface area contributed by atoms with Gasteiger partial charge in [-0.25, -0.2) is 4.79 Å². The van der Waals surface area contributed by atoms with Gasteiger partial charge >= 0.3 is 5.97 Å². The van der Waals surface area contributed by atoms with Crippen LogP contribution in [0.2, 0.25) is 0 Å². The molecule has 0 radical (unpaired) electrons. The summed E-state index contributed by atoms with van der Waals surface area (Å²) < 4.78 is 5.65. The van der Waals surface area contributed by atoms with E-state index in [1.807, 2.05) is 24.3 Å². The first-order valence-corrected chi connectivity index (χ1v) is 8.63. The molecule has 27 heavy (non-hydrogen) atoms. The number of fused-ring (bicyclic) bond motifs is 4. The SMILES string of the molecule is O=C(OCC1c2ccccc2-c2ccccc21)c1cccc2c1nnn2O. The zero-order valence-corrected chi connectivity index (χ0v) is 14.2. The summed E-state index contributed by atoms with van der Waals surface area (Å²) >= 11 is 0. The van der Waals surface area contributed by atoms with Crippen LogP contribution in [-0.4, -0.2) is 32.9 Å². The van der Waals surface area contributed by atoms with E-state index in [2.05, 4.69) is 34.6 Å². The lowest BCUT2D eigenvalue weighted by atomic mass is 9.98. The molecule has 0 unspecified atom stereocenters. The average molecular weight is 357 g/mol. The fourth-order valence-electron chi connectivity index (χ4n) is 3.77. The van der Waals surface area contributed by atoms with Crippen LogP contribution in [-0.2, 0) is 4.74 Å². The quantitative estimate of drug-likeness (QED) is 0.447. The summed E-state index contributed by atoms with van der Waals surface area (Å²) in [6.07, 6.45) is 0. The van der Waals surface area contributed by atoms with Crippen molar-refractivity contribution in [1.29, 1.82) is 0 Å². The van der Waals surface area contributed by atoms with Crippen LogP contribution in [0.15, 0.2) is 66.7 Å². The summed E-state index contributed by atoms with van der Waals surface area (Å²) in [7, 11) is 0. The molecule has 6 heteroatoms. The number of benzene rings is 3. The third-order valence-electron chi connectivity index (χ3n) is 5.02. The highest BCUT2D eigenvalue weighted by molar-refractivity contribution is 6.01. The Morgan fingerprint density at radius 2 is 1.63 bits per heavy atom. The van der Waals surface area contributed by atoms with Crippen molar-refractivity contribution in [2.45, 2.75) is 5.92 Å². The van der Waals surface area contributed by atoms with Gasteiger partial charge < -0.3 is 9.94 Å². The van der Waals surface area contributed by atoms with Crippen molar-refractivity contribution in [2.24, 2.45) is 0 Å². The van der Waals surface area contributed by atoms with E-state index in [1.165, 1.54) is 11.1 Å². The van der Waals surface area contributed by atoms with E-state index in [9.17, 15) is 10.0 Å². The summed E-state index contributed by atoms with van der Waals surface area (Å²) in [6, 6.07) is 21.3. The van der Waals surface area contributed by atoms with Crippen molar-refractivity contribution in [3.63, 3.8) is 0 Å². The first-order valence-electron chi connectivity index (χ1n) is 8.63. The molecule has 1 aromatic heterocycles. The fourth-order valence-corrected chi connectivity index (χ4v) is 3.77. The summed E-state index contributed by atoms with van der Waals surface area (Å²) in [5, 5.41) is 17.0. The lowest BCUT2D eigenvalue weighted by molar-refractivity contribution is 0.0495. The van der Waals surface area contributed by atoms with Crippen molar-refractivity contribution in [3.8, 4) is 11.1 Å². The molecule has 1 N–H and O–H groups in total. The third kappa shape index (κ3) is 2.38. The molecule has 132 valence electrons. The second-order valence-electron chi connectivity index (χ2n) is 6.48. The average Bonchev–Trinajstić information content (AvgIpc) is 3.25. The van der Waals surface area contributed by atoms with Gasteiger partial charge in [0.2, 0.25) is 0 Å². The van der Waals surface area contributed by atoms with Crippen LogP contribution < -0.4 is 0 Å². The molecule has 0 amide bonds. The van der Waals surface area contributed by atoms with E-state index in [1.54, 1.807) is 18.2 Å². The van der Waals surface area contributed by atoms with Crippen molar-refractivity contribution in [3.05, 3.63) is 83.4 Å². The molecule has 1 aliphatic rings. The number of hydrogen-bond donors (Lipinski definition) is 1. The molecule has 0 fully saturated rings. The Kier molecular flexibility index (Phi) is 3.43. The lowest BCUT2D eigenvalue weighted by Crippen LogP contribution is -2.13. The summed E-state index contributed by atoms with van der Waals surface area (Å²) in [4.78, 5) is 13.3. The van der Waals surface area contributed by atoms with E-state index in [0.29, 0.717) is 15.9 Å². The largest absolute Gasteiger partial charge is 0.461 e. The van der Waals surface area contributed by atoms with Crippen LogP contribution in [0.3, 0.4) is 0 Å². The first kappa shape index (κ1) is 15.6. The maximum absolute atomic E-state index is 12.7. The normalized spacial score (nSPS) is 12.7. The highest BCUT2D eigenvalue weighted by atomic mass is 16.5. The summed E-state index contributed by atoms with van der Waals surface area (Å²) in [6.45, 7) is 0.233. The minimum Gasteiger partial charge on any atom is -0.461 e. The predicted molar refractivity (Wildman–Crippen MR) is 98.7 cm³/mol. The zero-order valence-electron chi connectivity index (χ0n) is 14.2. The predicted octanol–water partition coefficient (Wildman–Crippen LogP) is 3.64. The van der Waals surface area contributed by atoms with Crippen molar-refractivity contribution >= 4 is 17.0 Å². The van der Waals surface area contributed by atoms with Gasteiger partial charge in [-0.1, -0.05) is 59.4 Å². The molecule has 4 aromatic rings. The standard InChI is InChI=1S/C21H15N3O3/c25-21(17-10-5-11-19-20(17)22-23-24(19)26)27-12-18-15-8-3-1-6-13(15)14-7-2-4-9-16(14)18/h1-11,18,26H,12H2. The van der Waals surface area contributed by atoms with Gasteiger partial charge in [-0.05, 0) is 39.6 Å². The Hall–Kier alpha value is -3.67. The van der Waals surface area contributed by atoms with Gasteiger partial charge in [-0.15, -0.1) is 5.10 Å². The maximum Gasteiger partial charge on any atom is 0.340 e. The minimum absolute atomic E-state index is 0.00548. The van der Waals surface area contributed by atoms with Gasteiger partial charge in [-0.2, -0.15) is 0 Å². The van der Waals surface area contributed by atoms with E-state index < -0.39 is 5.97 Å². The maximum atomic E-state index is 12.7. The van der Waals surface area contributed by atoms with Crippen LogP contribution >= 0.6 is 0 Å². The van der Waals surface area contributed by atoms with Crippen LogP contribution in [0.5, 0.6) is 0 Å². The van der Waals surface area contributed by atoms with Gasteiger partial charge in [0.1, 0.15) is 17.6 Å². The second kappa shape index (κ2) is 5.95. The Morgan fingerprint density at radius 3 is 2.33 bits per heavy atom. The smallest absolute Gasteiger partial charge is 0.340 e. The molecule has 0 spiro atoms. The number of aromatic nitrogens is 3. The Labute approximate surface area is 154 Å². The number of esters is 1. The van der Waals surface area contributed by atoms with Crippen LogP contribution in [0.25, 0.3) is 22.2 Å². The number of nitrogens with zero attached hydrogens (tertiary/aromatic N) is 3. The Bertz CT molecular complexity index is 1140. The monoisotopic (exact) mass is 357 g/mol. The molecule has 0 aliphatic heterocycles. The molecule has 0 bridgehead atoms. The molecule has 1 aliphatic carbocycles. The van der Waals surface area contributed by atoms with E-state index in [-0.39, 0.29) is 18.1 Å². The van der Waals surface area contributed by atoms with Crippen molar-refractivity contribution < 1.29 is 14.7 Å². The second-order valence-corrected chi connectivity index (χ2v) is 6.48. The minimum atomic E-state index is -0.483. The van der Waals surface area contributed by atoms with Crippen molar-refractivity contribution in [1.82, 2.24) is 15.2 Å². The topological polar surface area (TPSA) is 77.2 Å². The number of hydrogen-bond acceptors (Lipinski definition) is 5. The summed E-state index contributed by atoms with van der Waals surface area (Å²) in [5.41, 5.74) is 5.64. The molecule has 6 nitrogen and oxygen atoms in total. The van der Waals surface area contributed by atoms with Crippen LogP contribution in [0.4, 0.5) is 0 Å². The van der Waals surface area contributed by atoms with Crippen molar-refractivity contribution in [2.75, 3.05) is 6.61 Å². The van der Waals surface area contributed by atoms with Gasteiger partial charge in [0.05, 0.1) is 5.56 Å². The molecule has 5 rings (SSSR count). The van der Waals surface area contributed by atoms with E-state index in [4.69, 9.17) is 4.74 Å². The van der Waals surface area contributed by atoms with Crippen LogP contribution in [0.1, 0.15) is 27.4 Å². The molecular weight excluding hydrogens is 342 g/mol. The molecular formula is C21H15N3O3. The van der Waals surface area contributed by atoms with Crippen LogP contribution in [0, 0.1) is 0 Å². The van der Waals surface area contributed by atoms with Gasteiger partial charge in [0.15, 0.2) is 0 Å². The molecule has 0 atom stereocenters. The molecule has 1 heterocycles. The number of rotatable bonds is 3. The Morgan fingerprint density at radius 1 is 0.963 bits per heavy atom. The summed E-state index contributed by atoms with van der Waals surface area (Å²) in [5.74, 6) is -0.489. The van der Waals surface area contributed by atoms with Gasteiger partial charge in [-0.3, -0.25) is 0 Å². The molecule has 0 saturated heterocycles. The highest BCUT2D eigenvalue weighted by Gasteiger charge is 2.29. The number of carbonyl (C=O) groups is 1. The molecule has 0 saturated carbocycles. The third-order valence-corrected chi connectivity index (χ3v) is 5.02. The number of carbonyl (C=O) groups excluding carboxylic acids is 1. The number of ether oxygens (including phenoxy) is 1. The highest BCUT2D eigenvalue weighted by Crippen LogP contribution is 2.44.